The van der Waals surface area contributed by atoms with Gasteiger partial charge in [-0.15, -0.1) is 0 Å². The lowest BCUT2D eigenvalue weighted by Gasteiger charge is -2.44. The monoisotopic (exact) mass is 298 g/mol. The predicted octanol–water partition coefficient (Wildman–Crippen LogP) is 2.36. The van der Waals surface area contributed by atoms with Gasteiger partial charge in [0.2, 0.25) is 0 Å². The van der Waals surface area contributed by atoms with Crippen LogP contribution in [0.2, 0.25) is 0 Å². The summed E-state index contributed by atoms with van der Waals surface area (Å²) in [6.45, 7) is 10.1. The molecule has 0 spiro atoms. The molecule has 3 nitrogen and oxygen atoms in total. The summed E-state index contributed by atoms with van der Waals surface area (Å²) >= 11 is 2.13. The quantitative estimate of drug-likeness (QED) is 0.861. The standard InChI is InChI=1S/C16H30N2OS/c1-15(2)5-3-4-14(15)17-12-16(6-11-20-13-16)18-7-9-19-10-8-18/h14,17H,3-13H2,1-2H3/t14-,16-/m1/s1. The van der Waals surface area contributed by atoms with Crippen LogP contribution in [0.25, 0.3) is 0 Å². The fourth-order valence-electron chi connectivity index (χ4n) is 4.15. The maximum absolute atomic E-state index is 5.55. The number of rotatable bonds is 4. The third kappa shape index (κ3) is 3.03. The highest BCUT2D eigenvalue weighted by atomic mass is 32.2. The molecule has 2 saturated heterocycles. The Balaban J connectivity index is 1.62. The zero-order valence-electron chi connectivity index (χ0n) is 13.1. The molecular formula is C16H30N2OS. The Morgan fingerprint density at radius 1 is 1.25 bits per heavy atom. The van der Waals surface area contributed by atoms with Gasteiger partial charge in [0.25, 0.3) is 0 Å². The maximum Gasteiger partial charge on any atom is 0.0594 e. The molecule has 0 aromatic heterocycles. The number of ether oxygens (including phenoxy) is 1. The Bertz CT molecular complexity index is 322. The first-order chi connectivity index (χ1) is 9.62. The van der Waals surface area contributed by atoms with E-state index in [2.05, 4.69) is 35.8 Å². The molecule has 4 heteroatoms. The SMILES string of the molecule is CC1(C)CCC[C@H]1NC[C@]1(N2CCOCC2)CCSC1. The lowest BCUT2D eigenvalue weighted by atomic mass is 9.86. The highest BCUT2D eigenvalue weighted by molar-refractivity contribution is 7.99. The number of nitrogens with one attached hydrogen (secondary N) is 1. The van der Waals surface area contributed by atoms with Crippen LogP contribution in [0.4, 0.5) is 0 Å². The second-order valence-electron chi connectivity index (χ2n) is 7.44. The van der Waals surface area contributed by atoms with Gasteiger partial charge in [-0.05, 0) is 30.4 Å². The third-order valence-electron chi connectivity index (χ3n) is 5.70. The van der Waals surface area contributed by atoms with Gasteiger partial charge in [0, 0.05) is 37.0 Å². The zero-order chi connectivity index (χ0) is 14.1. The molecule has 0 amide bonds. The number of nitrogens with zero attached hydrogens (tertiary/aromatic N) is 1. The van der Waals surface area contributed by atoms with E-state index in [1.807, 2.05) is 0 Å². The highest BCUT2D eigenvalue weighted by Crippen LogP contribution is 2.39. The van der Waals surface area contributed by atoms with Gasteiger partial charge in [-0.25, -0.2) is 0 Å². The Kier molecular flexibility index (Phi) is 4.66. The van der Waals surface area contributed by atoms with Crippen LogP contribution >= 0.6 is 11.8 Å². The summed E-state index contributed by atoms with van der Waals surface area (Å²) in [6, 6.07) is 0.714. The summed E-state index contributed by atoms with van der Waals surface area (Å²) in [6.07, 6.45) is 5.48. The highest BCUT2D eigenvalue weighted by Gasteiger charge is 2.42. The molecule has 116 valence electrons. The molecule has 2 heterocycles. The number of thioether (sulfide) groups is 1. The molecule has 3 fully saturated rings. The second kappa shape index (κ2) is 6.15. The summed E-state index contributed by atoms with van der Waals surface area (Å²) < 4.78 is 5.55. The van der Waals surface area contributed by atoms with E-state index in [1.54, 1.807) is 0 Å². The van der Waals surface area contributed by atoms with Gasteiger partial charge in [0.15, 0.2) is 0 Å². The summed E-state index contributed by atoms with van der Waals surface area (Å²) in [7, 11) is 0. The summed E-state index contributed by atoms with van der Waals surface area (Å²) in [5.74, 6) is 2.63. The van der Waals surface area contributed by atoms with Crippen LogP contribution in [0.5, 0.6) is 0 Å². The van der Waals surface area contributed by atoms with Crippen LogP contribution in [-0.4, -0.2) is 60.8 Å². The molecule has 0 bridgehead atoms. The zero-order valence-corrected chi connectivity index (χ0v) is 13.9. The topological polar surface area (TPSA) is 24.5 Å². The average Bonchev–Trinajstić information content (AvgIpc) is 3.05. The third-order valence-corrected chi connectivity index (χ3v) is 6.93. The van der Waals surface area contributed by atoms with Gasteiger partial charge in [0.1, 0.15) is 0 Å². The van der Waals surface area contributed by atoms with Crippen molar-refractivity contribution in [2.24, 2.45) is 5.41 Å². The van der Waals surface area contributed by atoms with Crippen molar-refractivity contribution >= 4 is 11.8 Å². The first-order valence-electron chi connectivity index (χ1n) is 8.26. The van der Waals surface area contributed by atoms with Gasteiger partial charge in [-0.1, -0.05) is 20.3 Å². The van der Waals surface area contributed by atoms with Crippen molar-refractivity contribution in [2.75, 3.05) is 44.4 Å². The molecule has 1 N–H and O–H groups in total. The van der Waals surface area contributed by atoms with E-state index in [-0.39, 0.29) is 0 Å². The number of hydrogen-bond acceptors (Lipinski definition) is 4. The number of hydrogen-bond donors (Lipinski definition) is 1. The predicted molar refractivity (Wildman–Crippen MR) is 86.5 cm³/mol. The fourth-order valence-corrected chi connectivity index (χ4v) is 5.63. The lowest BCUT2D eigenvalue weighted by molar-refractivity contribution is -0.0149. The molecule has 2 aliphatic heterocycles. The summed E-state index contributed by atoms with van der Waals surface area (Å²) in [5.41, 5.74) is 0.880. The molecule has 3 aliphatic rings. The number of morpholine rings is 1. The van der Waals surface area contributed by atoms with Crippen LogP contribution in [-0.2, 0) is 4.74 Å². The molecule has 1 saturated carbocycles. The first kappa shape index (κ1) is 15.1. The van der Waals surface area contributed by atoms with Crippen LogP contribution in [0.1, 0.15) is 39.5 Å². The largest absolute Gasteiger partial charge is 0.379 e. The fraction of sp³-hybridized carbons (Fsp3) is 1.00. The average molecular weight is 298 g/mol. The minimum atomic E-state index is 0.396. The molecule has 0 unspecified atom stereocenters. The van der Waals surface area contributed by atoms with Crippen molar-refractivity contribution in [1.29, 1.82) is 0 Å². The molecule has 0 aromatic carbocycles. The van der Waals surface area contributed by atoms with E-state index in [0.29, 0.717) is 17.0 Å². The van der Waals surface area contributed by atoms with E-state index in [1.165, 1.54) is 43.7 Å². The minimum Gasteiger partial charge on any atom is -0.379 e. The molecule has 2 atom stereocenters. The van der Waals surface area contributed by atoms with Crippen LogP contribution in [0.15, 0.2) is 0 Å². The van der Waals surface area contributed by atoms with Crippen LogP contribution in [0, 0.1) is 5.41 Å². The van der Waals surface area contributed by atoms with Gasteiger partial charge < -0.3 is 10.1 Å². The Morgan fingerprint density at radius 2 is 2.05 bits per heavy atom. The van der Waals surface area contributed by atoms with Crippen molar-refractivity contribution in [2.45, 2.75) is 51.1 Å². The molecule has 0 aromatic rings. The summed E-state index contributed by atoms with van der Waals surface area (Å²) in [4.78, 5) is 2.71. The smallest absolute Gasteiger partial charge is 0.0594 e. The van der Waals surface area contributed by atoms with E-state index in [4.69, 9.17) is 4.74 Å². The Labute approximate surface area is 128 Å². The molecule has 3 rings (SSSR count). The van der Waals surface area contributed by atoms with Gasteiger partial charge in [0.05, 0.1) is 13.2 Å². The van der Waals surface area contributed by atoms with Crippen molar-refractivity contribution < 1.29 is 4.74 Å². The van der Waals surface area contributed by atoms with E-state index >= 15 is 0 Å². The normalized spacial score (nSPS) is 38.4. The van der Waals surface area contributed by atoms with Crippen molar-refractivity contribution in [3.8, 4) is 0 Å². The first-order valence-corrected chi connectivity index (χ1v) is 9.42. The van der Waals surface area contributed by atoms with Crippen LogP contribution < -0.4 is 5.32 Å². The Morgan fingerprint density at radius 3 is 2.65 bits per heavy atom. The van der Waals surface area contributed by atoms with E-state index in [9.17, 15) is 0 Å². The molecular weight excluding hydrogens is 268 g/mol. The van der Waals surface area contributed by atoms with E-state index in [0.717, 1.165) is 26.3 Å². The minimum absolute atomic E-state index is 0.396. The van der Waals surface area contributed by atoms with Crippen molar-refractivity contribution in [1.82, 2.24) is 10.2 Å². The second-order valence-corrected chi connectivity index (χ2v) is 8.55. The van der Waals surface area contributed by atoms with Gasteiger partial charge in [-0.3, -0.25) is 4.90 Å². The van der Waals surface area contributed by atoms with Crippen LogP contribution in [0.3, 0.4) is 0 Å². The summed E-state index contributed by atoms with van der Waals surface area (Å²) in [5, 5.41) is 3.96. The Hall–Kier alpha value is 0.230. The van der Waals surface area contributed by atoms with Crippen molar-refractivity contribution in [3.63, 3.8) is 0 Å². The molecule has 20 heavy (non-hydrogen) atoms. The molecule has 1 aliphatic carbocycles. The lowest BCUT2D eigenvalue weighted by Crippen LogP contribution is -2.60. The van der Waals surface area contributed by atoms with E-state index < -0.39 is 0 Å². The maximum atomic E-state index is 5.55. The van der Waals surface area contributed by atoms with Crippen molar-refractivity contribution in [3.05, 3.63) is 0 Å². The van der Waals surface area contributed by atoms with Gasteiger partial charge >= 0.3 is 0 Å². The van der Waals surface area contributed by atoms with Gasteiger partial charge in [-0.2, -0.15) is 11.8 Å². The molecule has 0 radical (unpaired) electrons.